The molecule has 1 saturated heterocycles. The van der Waals surface area contributed by atoms with Crippen LogP contribution in [0.3, 0.4) is 0 Å². The molecule has 1 atom stereocenters. The summed E-state index contributed by atoms with van der Waals surface area (Å²) in [6.07, 6.45) is 0.902. The molecule has 1 aromatic carbocycles. The maximum atomic E-state index is 12.5. The van der Waals surface area contributed by atoms with Crippen molar-refractivity contribution in [2.24, 2.45) is 0 Å². The Morgan fingerprint density at radius 1 is 1.29 bits per heavy atom. The van der Waals surface area contributed by atoms with E-state index in [-0.39, 0.29) is 16.9 Å². The van der Waals surface area contributed by atoms with E-state index in [0.29, 0.717) is 0 Å². The van der Waals surface area contributed by atoms with Crippen LogP contribution in [-0.2, 0) is 10.2 Å². The number of hydrogen-bond donors (Lipinski definition) is 1. The summed E-state index contributed by atoms with van der Waals surface area (Å²) in [5.41, 5.74) is 1.64. The molecule has 3 rings (SSSR count). The van der Waals surface area contributed by atoms with Gasteiger partial charge in [0.05, 0.1) is 5.41 Å². The van der Waals surface area contributed by atoms with Gasteiger partial charge in [-0.15, -0.1) is 0 Å². The highest BCUT2D eigenvalue weighted by Crippen LogP contribution is 2.52. The third-order valence-electron chi connectivity index (χ3n) is 4.84. The fraction of sp³-hybridized carbons (Fsp3) is 0.500. The van der Waals surface area contributed by atoms with Crippen molar-refractivity contribution in [3.8, 4) is 0 Å². The minimum Gasteiger partial charge on any atom is -0.325 e. The molecular formula is C14H18N2O. The van der Waals surface area contributed by atoms with Crippen LogP contribution < -0.4 is 5.32 Å². The van der Waals surface area contributed by atoms with Crippen LogP contribution in [0.25, 0.3) is 0 Å². The predicted octanol–water partition coefficient (Wildman–Crippen LogP) is 1.99. The molecule has 2 aliphatic heterocycles. The minimum atomic E-state index is -0.377. The zero-order chi connectivity index (χ0) is 12.3. The number of hydrogen-bond acceptors (Lipinski definition) is 2. The molecule has 1 N–H and O–H groups in total. The quantitative estimate of drug-likeness (QED) is 0.739. The first-order valence-electron chi connectivity index (χ1n) is 6.12. The molecule has 1 unspecified atom stereocenters. The van der Waals surface area contributed by atoms with Gasteiger partial charge in [-0.1, -0.05) is 18.2 Å². The van der Waals surface area contributed by atoms with Gasteiger partial charge in [0.15, 0.2) is 0 Å². The number of likely N-dealkylation sites (tertiary alicyclic amines) is 1. The summed E-state index contributed by atoms with van der Waals surface area (Å²) < 4.78 is 0. The van der Waals surface area contributed by atoms with Gasteiger partial charge in [0.2, 0.25) is 5.91 Å². The Morgan fingerprint density at radius 2 is 2.00 bits per heavy atom. The minimum absolute atomic E-state index is 0.135. The number of likely N-dealkylation sites (N-methyl/N-ethyl adjacent to an activating group) is 1. The fourth-order valence-electron chi connectivity index (χ4n) is 3.42. The van der Waals surface area contributed by atoms with Crippen LogP contribution in [0, 0.1) is 0 Å². The van der Waals surface area contributed by atoms with Gasteiger partial charge >= 0.3 is 0 Å². The van der Waals surface area contributed by atoms with E-state index in [1.165, 1.54) is 5.56 Å². The molecule has 0 saturated carbocycles. The second kappa shape index (κ2) is 3.10. The molecule has 1 spiro atoms. The van der Waals surface area contributed by atoms with E-state index < -0.39 is 0 Å². The van der Waals surface area contributed by atoms with Crippen molar-refractivity contribution in [1.82, 2.24) is 4.90 Å². The number of carbonyl (C=O) groups is 1. The number of rotatable bonds is 0. The first-order valence-corrected chi connectivity index (χ1v) is 6.12. The van der Waals surface area contributed by atoms with Crippen molar-refractivity contribution in [2.75, 3.05) is 18.9 Å². The van der Waals surface area contributed by atoms with Crippen LogP contribution in [0.2, 0.25) is 0 Å². The normalized spacial score (nSPS) is 30.6. The lowest BCUT2D eigenvalue weighted by atomic mass is 9.68. The number of para-hydroxylation sites is 1. The molecule has 2 heterocycles. The summed E-state index contributed by atoms with van der Waals surface area (Å²) in [5, 5.41) is 3.04. The fourth-order valence-corrected chi connectivity index (χ4v) is 3.42. The largest absolute Gasteiger partial charge is 0.325 e. The number of nitrogens with one attached hydrogen (secondary N) is 1. The van der Waals surface area contributed by atoms with Gasteiger partial charge in [0, 0.05) is 11.2 Å². The Labute approximate surface area is 102 Å². The summed E-state index contributed by atoms with van der Waals surface area (Å²) in [6, 6.07) is 8.09. The number of fused-ring (bicyclic) bond motifs is 2. The molecule has 0 aliphatic carbocycles. The highest BCUT2D eigenvalue weighted by Gasteiger charge is 2.61. The van der Waals surface area contributed by atoms with E-state index in [1.807, 2.05) is 18.2 Å². The lowest BCUT2D eigenvalue weighted by Crippen LogP contribution is -2.53. The molecule has 2 aliphatic rings. The van der Waals surface area contributed by atoms with Crippen LogP contribution >= 0.6 is 0 Å². The van der Waals surface area contributed by atoms with Crippen molar-refractivity contribution < 1.29 is 4.79 Å². The standard InChI is InChI=1S/C14H18N2O/c1-13(2)14(8-9-16(13)3)10-6-4-5-7-11(10)15-12(14)17/h4-7H,8-9H2,1-3H3,(H,15,17). The summed E-state index contributed by atoms with van der Waals surface area (Å²) in [7, 11) is 2.10. The van der Waals surface area contributed by atoms with Crippen LogP contribution in [0.1, 0.15) is 25.8 Å². The van der Waals surface area contributed by atoms with E-state index in [1.54, 1.807) is 0 Å². The van der Waals surface area contributed by atoms with E-state index >= 15 is 0 Å². The Morgan fingerprint density at radius 3 is 2.65 bits per heavy atom. The van der Waals surface area contributed by atoms with Gasteiger partial charge in [-0.25, -0.2) is 0 Å². The Balaban J connectivity index is 2.24. The monoisotopic (exact) mass is 230 g/mol. The third-order valence-corrected chi connectivity index (χ3v) is 4.84. The maximum absolute atomic E-state index is 12.5. The van der Waals surface area contributed by atoms with E-state index in [9.17, 15) is 4.79 Å². The lowest BCUT2D eigenvalue weighted by Gasteiger charge is -2.40. The highest BCUT2D eigenvalue weighted by molar-refractivity contribution is 6.07. The smallest absolute Gasteiger partial charge is 0.237 e. The molecule has 3 heteroatoms. The molecule has 1 aromatic rings. The molecule has 1 fully saturated rings. The molecule has 0 aromatic heterocycles. The molecule has 90 valence electrons. The average Bonchev–Trinajstić information content (AvgIpc) is 2.71. The van der Waals surface area contributed by atoms with Crippen LogP contribution in [0.4, 0.5) is 5.69 Å². The van der Waals surface area contributed by atoms with Gasteiger partial charge in [-0.05, 0) is 45.5 Å². The first kappa shape index (κ1) is 10.8. The zero-order valence-electron chi connectivity index (χ0n) is 10.6. The topological polar surface area (TPSA) is 32.3 Å². The first-order chi connectivity index (χ1) is 8.00. The van der Waals surface area contributed by atoms with E-state index in [0.717, 1.165) is 18.7 Å². The number of anilines is 1. The van der Waals surface area contributed by atoms with Gasteiger partial charge in [0.25, 0.3) is 0 Å². The summed E-state index contributed by atoms with van der Waals surface area (Å²) in [6.45, 7) is 5.30. The molecule has 0 bridgehead atoms. The Bertz CT molecular complexity index is 495. The highest BCUT2D eigenvalue weighted by atomic mass is 16.2. The van der Waals surface area contributed by atoms with Crippen molar-refractivity contribution >= 4 is 11.6 Å². The predicted molar refractivity (Wildman–Crippen MR) is 68.1 cm³/mol. The second-order valence-electron chi connectivity index (χ2n) is 5.64. The van der Waals surface area contributed by atoms with Crippen LogP contribution in [-0.4, -0.2) is 29.9 Å². The van der Waals surface area contributed by atoms with Crippen molar-refractivity contribution in [1.29, 1.82) is 0 Å². The van der Waals surface area contributed by atoms with Gasteiger partial charge in [0.1, 0.15) is 0 Å². The van der Waals surface area contributed by atoms with Crippen molar-refractivity contribution in [3.63, 3.8) is 0 Å². The number of nitrogens with zero attached hydrogens (tertiary/aromatic N) is 1. The number of carbonyl (C=O) groups excluding carboxylic acids is 1. The second-order valence-corrected chi connectivity index (χ2v) is 5.64. The van der Waals surface area contributed by atoms with Gasteiger partial charge in [-0.3, -0.25) is 9.69 Å². The lowest BCUT2D eigenvalue weighted by molar-refractivity contribution is -0.123. The van der Waals surface area contributed by atoms with E-state index in [2.05, 4.69) is 37.2 Å². The van der Waals surface area contributed by atoms with Crippen LogP contribution in [0.5, 0.6) is 0 Å². The SMILES string of the molecule is CN1CCC2(C(=O)Nc3ccccc32)C1(C)C. The summed E-state index contributed by atoms with van der Waals surface area (Å²) >= 11 is 0. The molecule has 1 amide bonds. The Hall–Kier alpha value is -1.35. The van der Waals surface area contributed by atoms with Gasteiger partial charge in [-0.2, -0.15) is 0 Å². The van der Waals surface area contributed by atoms with E-state index in [4.69, 9.17) is 0 Å². The molecule has 3 nitrogen and oxygen atoms in total. The van der Waals surface area contributed by atoms with Crippen LogP contribution in [0.15, 0.2) is 24.3 Å². The zero-order valence-corrected chi connectivity index (χ0v) is 10.6. The molecule has 0 radical (unpaired) electrons. The van der Waals surface area contributed by atoms with Crippen molar-refractivity contribution in [3.05, 3.63) is 29.8 Å². The van der Waals surface area contributed by atoms with Crippen molar-refractivity contribution in [2.45, 2.75) is 31.2 Å². The molecular weight excluding hydrogens is 212 g/mol. The number of benzene rings is 1. The summed E-state index contributed by atoms with van der Waals surface area (Å²) in [5.74, 6) is 0.160. The number of amides is 1. The van der Waals surface area contributed by atoms with Gasteiger partial charge < -0.3 is 5.32 Å². The summed E-state index contributed by atoms with van der Waals surface area (Å²) in [4.78, 5) is 14.8. The maximum Gasteiger partial charge on any atom is 0.237 e. The third kappa shape index (κ3) is 1.08. The Kier molecular flexibility index (Phi) is 1.97. The average molecular weight is 230 g/mol. The molecule has 17 heavy (non-hydrogen) atoms.